The Morgan fingerprint density at radius 1 is 0.828 bits per heavy atom. The van der Waals surface area contributed by atoms with Gasteiger partial charge in [-0.1, -0.05) is 31.9 Å². The lowest BCUT2D eigenvalue weighted by atomic mass is 10.1. The number of carboxylic acids is 1. The number of carbonyl (C=O) groups is 1. The van der Waals surface area contributed by atoms with Gasteiger partial charge >= 0.3 is 5.97 Å². The molecule has 0 aliphatic heterocycles. The van der Waals surface area contributed by atoms with Crippen LogP contribution in [0.4, 0.5) is 0 Å². The molecule has 0 aliphatic carbocycles. The molecule has 0 aliphatic rings. The van der Waals surface area contributed by atoms with Gasteiger partial charge in [-0.05, 0) is 78.9 Å². The average Bonchev–Trinajstić information content (AvgIpc) is 3.17. The molecular formula is C22H14Br2N2O3. The summed E-state index contributed by atoms with van der Waals surface area (Å²) in [7, 11) is 0. The van der Waals surface area contributed by atoms with Gasteiger partial charge in [-0.15, -0.1) is 0 Å². The summed E-state index contributed by atoms with van der Waals surface area (Å²) in [5.41, 5.74) is 2.14. The molecule has 0 saturated heterocycles. The van der Waals surface area contributed by atoms with E-state index in [-0.39, 0.29) is 5.69 Å². The Bertz CT molecular complexity index is 1150. The van der Waals surface area contributed by atoms with Crippen molar-refractivity contribution in [3.8, 4) is 28.4 Å². The Hall–Kier alpha value is -2.90. The first kappa shape index (κ1) is 19.4. The molecule has 144 valence electrons. The van der Waals surface area contributed by atoms with E-state index >= 15 is 0 Å². The minimum Gasteiger partial charge on any atom is -0.477 e. The Balaban J connectivity index is 1.62. The molecule has 0 fully saturated rings. The first-order chi connectivity index (χ1) is 14.0. The number of carboxylic acid groups (broad SMARTS) is 1. The van der Waals surface area contributed by atoms with E-state index in [0.717, 1.165) is 20.3 Å². The number of hydrogen-bond donors (Lipinski definition) is 1. The lowest BCUT2D eigenvalue weighted by Crippen LogP contribution is -2.07. The summed E-state index contributed by atoms with van der Waals surface area (Å²) in [5, 5.41) is 14.1. The molecule has 0 bridgehead atoms. The zero-order valence-corrected chi connectivity index (χ0v) is 18.1. The maximum absolute atomic E-state index is 11.7. The van der Waals surface area contributed by atoms with E-state index in [4.69, 9.17) is 4.74 Å². The number of hydrogen-bond acceptors (Lipinski definition) is 3. The lowest BCUT2D eigenvalue weighted by Gasteiger charge is -2.06. The quantitative estimate of drug-likeness (QED) is 0.328. The number of rotatable bonds is 5. The van der Waals surface area contributed by atoms with Crippen LogP contribution in [0.25, 0.3) is 16.9 Å². The van der Waals surface area contributed by atoms with Crippen molar-refractivity contribution in [3.05, 3.63) is 93.5 Å². The van der Waals surface area contributed by atoms with Gasteiger partial charge in [0.2, 0.25) is 0 Å². The third-order valence-electron chi connectivity index (χ3n) is 4.20. The minimum absolute atomic E-state index is 0.0949. The monoisotopic (exact) mass is 512 g/mol. The topological polar surface area (TPSA) is 64.3 Å². The molecule has 0 atom stereocenters. The van der Waals surface area contributed by atoms with Gasteiger partial charge in [0.25, 0.3) is 0 Å². The van der Waals surface area contributed by atoms with E-state index in [1.54, 1.807) is 6.07 Å². The van der Waals surface area contributed by atoms with Crippen LogP contribution in [-0.2, 0) is 0 Å². The average molecular weight is 514 g/mol. The second kappa shape index (κ2) is 8.23. The normalized spacial score (nSPS) is 10.7. The van der Waals surface area contributed by atoms with E-state index in [9.17, 15) is 9.90 Å². The van der Waals surface area contributed by atoms with Gasteiger partial charge in [0.1, 0.15) is 11.5 Å². The second-order valence-corrected chi connectivity index (χ2v) is 8.02. The maximum Gasteiger partial charge on any atom is 0.354 e. The van der Waals surface area contributed by atoms with Crippen molar-refractivity contribution < 1.29 is 14.6 Å². The molecule has 0 radical (unpaired) electrons. The molecule has 29 heavy (non-hydrogen) atoms. The molecular weight excluding hydrogens is 500 g/mol. The van der Waals surface area contributed by atoms with E-state index in [2.05, 4.69) is 37.0 Å². The lowest BCUT2D eigenvalue weighted by molar-refractivity contribution is 0.0687. The van der Waals surface area contributed by atoms with Crippen LogP contribution in [0.2, 0.25) is 0 Å². The molecule has 0 unspecified atom stereocenters. The van der Waals surface area contributed by atoms with E-state index < -0.39 is 5.97 Å². The SMILES string of the molecule is O=C(O)c1cc(-c2ccc(Oc3ccc(Br)cc3)cc2)nn1-c1ccc(Br)cc1. The highest BCUT2D eigenvalue weighted by atomic mass is 79.9. The molecule has 0 spiro atoms. The molecule has 0 amide bonds. The van der Waals surface area contributed by atoms with E-state index in [1.165, 1.54) is 4.68 Å². The fraction of sp³-hybridized carbons (Fsp3) is 0. The molecule has 5 nitrogen and oxygen atoms in total. The number of ether oxygens (including phenoxy) is 1. The number of aromatic nitrogens is 2. The standard InChI is InChI=1S/C22H14Br2N2O3/c23-15-3-7-17(8-4-15)26-21(22(27)28)13-20(25-26)14-1-9-18(10-2-14)29-19-11-5-16(24)6-12-19/h1-13H,(H,27,28). The van der Waals surface area contributed by atoms with Crippen molar-refractivity contribution in [2.75, 3.05) is 0 Å². The van der Waals surface area contributed by atoms with Crippen molar-refractivity contribution in [1.29, 1.82) is 0 Å². The highest BCUT2D eigenvalue weighted by Gasteiger charge is 2.16. The Labute approximate surface area is 183 Å². The van der Waals surface area contributed by atoms with Crippen LogP contribution in [-0.4, -0.2) is 20.9 Å². The van der Waals surface area contributed by atoms with Gasteiger partial charge in [0, 0.05) is 14.5 Å². The summed E-state index contributed by atoms with van der Waals surface area (Å²) in [6, 6.07) is 23.8. The zero-order chi connectivity index (χ0) is 20.4. The molecule has 1 N–H and O–H groups in total. The van der Waals surface area contributed by atoms with Gasteiger partial charge < -0.3 is 9.84 Å². The first-order valence-electron chi connectivity index (χ1n) is 8.63. The van der Waals surface area contributed by atoms with Crippen LogP contribution in [0.3, 0.4) is 0 Å². The third-order valence-corrected chi connectivity index (χ3v) is 5.26. The molecule has 1 heterocycles. The van der Waals surface area contributed by atoms with Crippen LogP contribution >= 0.6 is 31.9 Å². The Morgan fingerprint density at radius 2 is 1.34 bits per heavy atom. The molecule has 0 saturated carbocycles. The van der Waals surface area contributed by atoms with Gasteiger partial charge in [-0.3, -0.25) is 0 Å². The molecule has 3 aromatic carbocycles. The van der Waals surface area contributed by atoms with Crippen molar-refractivity contribution in [3.63, 3.8) is 0 Å². The van der Waals surface area contributed by atoms with Crippen LogP contribution in [0.15, 0.2) is 87.8 Å². The summed E-state index contributed by atoms with van der Waals surface area (Å²) < 4.78 is 9.15. The van der Waals surface area contributed by atoms with Crippen LogP contribution < -0.4 is 4.74 Å². The summed E-state index contributed by atoms with van der Waals surface area (Å²) >= 11 is 6.78. The van der Waals surface area contributed by atoms with Gasteiger partial charge in [-0.2, -0.15) is 5.10 Å². The Morgan fingerprint density at radius 3 is 1.90 bits per heavy atom. The van der Waals surface area contributed by atoms with Gasteiger partial charge in [0.05, 0.1) is 11.4 Å². The van der Waals surface area contributed by atoms with Crippen molar-refractivity contribution in [1.82, 2.24) is 9.78 Å². The predicted molar refractivity (Wildman–Crippen MR) is 118 cm³/mol. The molecule has 4 rings (SSSR count). The summed E-state index contributed by atoms with van der Waals surface area (Å²) in [6.45, 7) is 0. The fourth-order valence-electron chi connectivity index (χ4n) is 2.79. The third kappa shape index (κ3) is 4.41. The Kier molecular flexibility index (Phi) is 5.51. The number of halogens is 2. The van der Waals surface area contributed by atoms with Crippen LogP contribution in [0.1, 0.15) is 10.5 Å². The molecule has 4 aromatic rings. The van der Waals surface area contributed by atoms with E-state index in [1.807, 2.05) is 72.8 Å². The first-order valence-corrected chi connectivity index (χ1v) is 10.2. The maximum atomic E-state index is 11.7. The summed E-state index contributed by atoms with van der Waals surface area (Å²) in [5.74, 6) is 0.373. The fourth-order valence-corrected chi connectivity index (χ4v) is 3.31. The van der Waals surface area contributed by atoms with Gasteiger partial charge in [-0.25, -0.2) is 9.48 Å². The molecule has 1 aromatic heterocycles. The summed E-state index contributed by atoms with van der Waals surface area (Å²) in [6.07, 6.45) is 0. The number of nitrogens with zero attached hydrogens (tertiary/aromatic N) is 2. The number of aromatic carboxylic acids is 1. The molecule has 7 heteroatoms. The summed E-state index contributed by atoms with van der Waals surface area (Å²) in [4.78, 5) is 11.7. The van der Waals surface area contributed by atoms with Crippen molar-refractivity contribution in [2.45, 2.75) is 0 Å². The van der Waals surface area contributed by atoms with Gasteiger partial charge in [0.15, 0.2) is 5.69 Å². The highest BCUT2D eigenvalue weighted by molar-refractivity contribution is 9.10. The predicted octanol–water partition coefficient (Wildman–Crippen LogP) is 6.55. The van der Waals surface area contributed by atoms with Crippen LogP contribution in [0, 0.1) is 0 Å². The van der Waals surface area contributed by atoms with E-state index in [0.29, 0.717) is 17.1 Å². The highest BCUT2D eigenvalue weighted by Crippen LogP contribution is 2.27. The second-order valence-electron chi connectivity index (χ2n) is 6.19. The minimum atomic E-state index is -1.04. The van der Waals surface area contributed by atoms with Crippen LogP contribution in [0.5, 0.6) is 11.5 Å². The number of benzene rings is 3. The van der Waals surface area contributed by atoms with Crippen molar-refractivity contribution >= 4 is 37.8 Å². The van der Waals surface area contributed by atoms with Crippen molar-refractivity contribution in [2.24, 2.45) is 0 Å². The largest absolute Gasteiger partial charge is 0.477 e. The smallest absolute Gasteiger partial charge is 0.354 e. The zero-order valence-electron chi connectivity index (χ0n) is 14.9.